The predicted molar refractivity (Wildman–Crippen MR) is 76.8 cm³/mol. The van der Waals surface area contributed by atoms with E-state index in [-0.39, 0.29) is 0 Å². The molecule has 3 heteroatoms. The maximum atomic E-state index is 4.48. The van der Waals surface area contributed by atoms with Crippen molar-refractivity contribution in [3.8, 4) is 0 Å². The minimum Gasteiger partial charge on any atom is -0.353 e. The fourth-order valence-electron chi connectivity index (χ4n) is 2.04. The van der Waals surface area contributed by atoms with E-state index in [0.717, 1.165) is 31.9 Å². The second-order valence-electron chi connectivity index (χ2n) is 5.30. The lowest BCUT2D eigenvalue weighted by atomic mass is 10.1. The average Bonchev–Trinajstić information content (AvgIpc) is 2.37. The topological polar surface area (TPSA) is 28.2 Å². The first kappa shape index (κ1) is 13.1. The van der Waals surface area contributed by atoms with Crippen molar-refractivity contribution in [2.24, 2.45) is 0 Å². The Morgan fingerprint density at radius 3 is 2.94 bits per heavy atom. The van der Waals surface area contributed by atoms with Gasteiger partial charge in [0.2, 0.25) is 0 Å². The fraction of sp³-hybridized carbons (Fsp3) is 0.533. The van der Waals surface area contributed by atoms with E-state index in [1.807, 2.05) is 6.20 Å². The van der Waals surface area contributed by atoms with Crippen LogP contribution in [0, 0.1) is 0 Å². The zero-order valence-electron chi connectivity index (χ0n) is 11.6. The summed E-state index contributed by atoms with van der Waals surface area (Å²) in [4.78, 5) is 6.82. The van der Waals surface area contributed by atoms with E-state index >= 15 is 0 Å². The summed E-state index contributed by atoms with van der Waals surface area (Å²) in [6.07, 6.45) is 5.36. The van der Waals surface area contributed by atoms with E-state index in [2.05, 4.69) is 54.2 Å². The summed E-state index contributed by atoms with van der Waals surface area (Å²) >= 11 is 0. The molecule has 0 aliphatic carbocycles. The molecule has 2 heterocycles. The van der Waals surface area contributed by atoms with Gasteiger partial charge in [-0.2, -0.15) is 0 Å². The second kappa shape index (κ2) is 6.01. The molecule has 0 amide bonds. The van der Waals surface area contributed by atoms with Crippen molar-refractivity contribution in [1.29, 1.82) is 0 Å². The Bertz CT molecular complexity index is 424. The Balaban J connectivity index is 2.03. The monoisotopic (exact) mass is 245 g/mol. The van der Waals surface area contributed by atoms with E-state index in [4.69, 9.17) is 0 Å². The van der Waals surface area contributed by atoms with Crippen molar-refractivity contribution in [3.63, 3.8) is 0 Å². The Morgan fingerprint density at radius 2 is 2.28 bits per heavy atom. The smallest absolute Gasteiger partial charge is 0.129 e. The Morgan fingerprint density at radius 1 is 1.44 bits per heavy atom. The first-order valence-electron chi connectivity index (χ1n) is 6.74. The van der Waals surface area contributed by atoms with Crippen LogP contribution in [0.25, 0.3) is 0 Å². The summed E-state index contributed by atoms with van der Waals surface area (Å²) in [5.41, 5.74) is 2.80. The molecule has 0 saturated heterocycles. The van der Waals surface area contributed by atoms with Crippen LogP contribution in [0.3, 0.4) is 0 Å². The minimum absolute atomic E-state index is 0.516. The minimum atomic E-state index is 0.516. The zero-order chi connectivity index (χ0) is 13.0. The Hall–Kier alpha value is -1.35. The summed E-state index contributed by atoms with van der Waals surface area (Å²) in [6.45, 7) is 9.51. The molecular weight excluding hydrogens is 222 g/mol. The van der Waals surface area contributed by atoms with Gasteiger partial charge >= 0.3 is 0 Å². The third-order valence-corrected chi connectivity index (χ3v) is 3.28. The van der Waals surface area contributed by atoms with Gasteiger partial charge in [-0.15, -0.1) is 0 Å². The summed E-state index contributed by atoms with van der Waals surface area (Å²) in [5, 5.41) is 3.44. The molecule has 1 aliphatic heterocycles. The highest BCUT2D eigenvalue weighted by molar-refractivity contribution is 5.43. The van der Waals surface area contributed by atoms with Crippen LogP contribution in [0.1, 0.15) is 32.8 Å². The lowest BCUT2D eigenvalue weighted by Crippen LogP contribution is -2.29. The molecule has 2 rings (SSSR count). The van der Waals surface area contributed by atoms with Crippen LogP contribution in [-0.4, -0.2) is 24.1 Å². The van der Waals surface area contributed by atoms with Gasteiger partial charge in [0.15, 0.2) is 0 Å². The number of nitrogens with one attached hydrogen (secondary N) is 1. The van der Waals surface area contributed by atoms with Crippen LogP contribution in [-0.2, 0) is 6.54 Å². The lowest BCUT2D eigenvalue weighted by molar-refractivity contribution is 0.588. The number of hydrogen-bond acceptors (Lipinski definition) is 3. The van der Waals surface area contributed by atoms with Gasteiger partial charge in [-0.1, -0.05) is 25.5 Å². The molecule has 0 unspecified atom stereocenters. The number of pyridine rings is 1. The molecule has 3 nitrogen and oxygen atoms in total. The van der Waals surface area contributed by atoms with E-state index in [0.29, 0.717) is 6.04 Å². The SMILES string of the molecule is CC1=CCN(c2cc(CNC(C)C)ccn2)CC1. The molecule has 0 spiro atoms. The first-order chi connectivity index (χ1) is 8.65. The molecule has 0 fully saturated rings. The standard InChI is InChI=1S/C15H23N3/c1-12(2)17-11-14-4-7-16-15(10-14)18-8-5-13(3)6-9-18/h4-5,7,10,12,17H,6,8-9,11H2,1-3H3. The molecule has 1 aromatic rings. The summed E-state index contributed by atoms with van der Waals surface area (Å²) in [6, 6.07) is 4.80. The number of hydrogen-bond donors (Lipinski definition) is 1. The molecule has 18 heavy (non-hydrogen) atoms. The Labute approximate surface area is 110 Å². The normalized spacial score (nSPS) is 16.0. The molecule has 0 aromatic carbocycles. The predicted octanol–water partition coefficient (Wildman–Crippen LogP) is 2.74. The van der Waals surface area contributed by atoms with Gasteiger partial charge in [0, 0.05) is 31.9 Å². The van der Waals surface area contributed by atoms with Crippen LogP contribution in [0.4, 0.5) is 5.82 Å². The highest BCUT2D eigenvalue weighted by Crippen LogP contribution is 2.18. The Kier molecular flexibility index (Phi) is 4.37. The van der Waals surface area contributed by atoms with E-state index < -0.39 is 0 Å². The molecule has 1 aromatic heterocycles. The van der Waals surface area contributed by atoms with Gasteiger partial charge in [-0.05, 0) is 31.0 Å². The summed E-state index contributed by atoms with van der Waals surface area (Å²) in [5.74, 6) is 1.10. The molecule has 1 aliphatic rings. The van der Waals surface area contributed by atoms with Gasteiger partial charge in [0.1, 0.15) is 5.82 Å². The number of rotatable bonds is 4. The van der Waals surface area contributed by atoms with E-state index in [9.17, 15) is 0 Å². The molecule has 0 bridgehead atoms. The maximum absolute atomic E-state index is 4.48. The highest BCUT2D eigenvalue weighted by Gasteiger charge is 2.11. The van der Waals surface area contributed by atoms with E-state index in [1.54, 1.807) is 0 Å². The third-order valence-electron chi connectivity index (χ3n) is 3.28. The van der Waals surface area contributed by atoms with Crippen molar-refractivity contribution >= 4 is 5.82 Å². The number of aromatic nitrogens is 1. The van der Waals surface area contributed by atoms with Crippen LogP contribution in [0.2, 0.25) is 0 Å². The van der Waals surface area contributed by atoms with Gasteiger partial charge < -0.3 is 10.2 Å². The van der Waals surface area contributed by atoms with Crippen molar-refractivity contribution in [2.45, 2.75) is 39.8 Å². The van der Waals surface area contributed by atoms with Gasteiger partial charge in [0.05, 0.1) is 0 Å². The van der Waals surface area contributed by atoms with E-state index in [1.165, 1.54) is 11.1 Å². The average molecular weight is 245 g/mol. The van der Waals surface area contributed by atoms with Gasteiger partial charge in [-0.3, -0.25) is 0 Å². The summed E-state index contributed by atoms with van der Waals surface area (Å²) in [7, 11) is 0. The second-order valence-corrected chi connectivity index (χ2v) is 5.30. The third kappa shape index (κ3) is 3.57. The first-order valence-corrected chi connectivity index (χ1v) is 6.74. The van der Waals surface area contributed by atoms with Crippen LogP contribution >= 0.6 is 0 Å². The largest absolute Gasteiger partial charge is 0.353 e. The van der Waals surface area contributed by atoms with Crippen molar-refractivity contribution < 1.29 is 0 Å². The number of anilines is 1. The quantitative estimate of drug-likeness (QED) is 0.827. The lowest BCUT2D eigenvalue weighted by Gasteiger charge is -2.26. The zero-order valence-corrected chi connectivity index (χ0v) is 11.6. The van der Waals surface area contributed by atoms with Crippen LogP contribution in [0.15, 0.2) is 30.0 Å². The maximum Gasteiger partial charge on any atom is 0.129 e. The van der Waals surface area contributed by atoms with Crippen LogP contribution < -0.4 is 10.2 Å². The molecule has 0 saturated carbocycles. The molecule has 98 valence electrons. The molecule has 1 N–H and O–H groups in total. The van der Waals surface area contributed by atoms with Crippen molar-refractivity contribution in [2.75, 3.05) is 18.0 Å². The van der Waals surface area contributed by atoms with Gasteiger partial charge in [-0.25, -0.2) is 4.98 Å². The van der Waals surface area contributed by atoms with Gasteiger partial charge in [0.25, 0.3) is 0 Å². The van der Waals surface area contributed by atoms with Crippen molar-refractivity contribution in [3.05, 3.63) is 35.5 Å². The fourth-order valence-corrected chi connectivity index (χ4v) is 2.04. The van der Waals surface area contributed by atoms with Crippen LogP contribution in [0.5, 0.6) is 0 Å². The van der Waals surface area contributed by atoms with Crippen molar-refractivity contribution in [1.82, 2.24) is 10.3 Å². The molecule has 0 atom stereocenters. The molecule has 0 radical (unpaired) electrons. The highest BCUT2D eigenvalue weighted by atomic mass is 15.2. The summed E-state index contributed by atoms with van der Waals surface area (Å²) < 4.78 is 0. The molecular formula is C15H23N3. The number of nitrogens with zero attached hydrogens (tertiary/aromatic N) is 2.